The molecule has 1 rings (SSSR count). The summed E-state index contributed by atoms with van der Waals surface area (Å²) in [4.78, 5) is 11.6. The third-order valence-electron chi connectivity index (χ3n) is 2.81. The zero-order valence-electron chi connectivity index (χ0n) is 10.7. The number of anilines is 1. The number of carbonyl (C=O) groups is 1. The Labute approximate surface area is 104 Å². The number of rotatable bonds is 8. The molecule has 2 nitrogen and oxygen atoms in total. The third kappa shape index (κ3) is 6.77. The normalized spacial score (nSPS) is 10.2. The van der Waals surface area contributed by atoms with Crippen LogP contribution in [0, 0.1) is 0 Å². The molecule has 0 radical (unpaired) electrons. The fourth-order valence-electron chi connectivity index (χ4n) is 1.81. The molecule has 1 N–H and O–H groups in total. The van der Waals surface area contributed by atoms with Crippen LogP contribution in [-0.4, -0.2) is 5.91 Å². The summed E-state index contributed by atoms with van der Waals surface area (Å²) < 4.78 is 0. The number of hydrogen-bond acceptors (Lipinski definition) is 1. The standard InChI is InChI=1S/C15H23NO/c1-2-3-4-5-6-10-13-15(17)16-14-11-8-7-9-12-14/h7-9,11-12H,2-6,10,13H2,1H3,(H,16,17). The van der Waals surface area contributed by atoms with Crippen molar-refractivity contribution in [2.24, 2.45) is 0 Å². The number of para-hydroxylation sites is 1. The highest BCUT2D eigenvalue weighted by Gasteiger charge is 2.01. The molecular weight excluding hydrogens is 210 g/mol. The van der Waals surface area contributed by atoms with Crippen molar-refractivity contribution in [2.75, 3.05) is 5.32 Å². The molecular formula is C15H23NO. The quantitative estimate of drug-likeness (QED) is 0.663. The van der Waals surface area contributed by atoms with Crippen LogP contribution in [0.2, 0.25) is 0 Å². The minimum atomic E-state index is 0.131. The summed E-state index contributed by atoms with van der Waals surface area (Å²) in [6, 6.07) is 9.64. The molecule has 0 atom stereocenters. The van der Waals surface area contributed by atoms with Gasteiger partial charge in [-0.15, -0.1) is 0 Å². The fourth-order valence-corrected chi connectivity index (χ4v) is 1.81. The summed E-state index contributed by atoms with van der Waals surface area (Å²) in [5, 5.41) is 2.91. The van der Waals surface area contributed by atoms with Crippen molar-refractivity contribution in [3.63, 3.8) is 0 Å². The fraction of sp³-hybridized carbons (Fsp3) is 0.533. The van der Waals surface area contributed by atoms with E-state index in [0.717, 1.165) is 12.1 Å². The van der Waals surface area contributed by atoms with E-state index in [1.54, 1.807) is 0 Å². The second-order valence-electron chi connectivity index (χ2n) is 4.43. The predicted octanol–water partition coefficient (Wildman–Crippen LogP) is 4.38. The van der Waals surface area contributed by atoms with Gasteiger partial charge in [0.2, 0.25) is 5.91 Å². The molecule has 0 bridgehead atoms. The number of hydrogen-bond donors (Lipinski definition) is 1. The lowest BCUT2D eigenvalue weighted by atomic mass is 10.1. The number of carbonyl (C=O) groups excluding carboxylic acids is 1. The molecule has 0 saturated heterocycles. The van der Waals surface area contributed by atoms with E-state index in [9.17, 15) is 4.79 Å². The largest absolute Gasteiger partial charge is 0.326 e. The first-order chi connectivity index (χ1) is 8.33. The second-order valence-corrected chi connectivity index (χ2v) is 4.43. The van der Waals surface area contributed by atoms with Crippen LogP contribution in [0.3, 0.4) is 0 Å². The van der Waals surface area contributed by atoms with Crippen LogP contribution in [0.1, 0.15) is 51.9 Å². The lowest BCUT2D eigenvalue weighted by Gasteiger charge is -2.04. The molecule has 0 spiro atoms. The monoisotopic (exact) mass is 233 g/mol. The lowest BCUT2D eigenvalue weighted by molar-refractivity contribution is -0.116. The summed E-state index contributed by atoms with van der Waals surface area (Å²) in [7, 11) is 0. The molecule has 0 aliphatic heterocycles. The molecule has 0 unspecified atom stereocenters. The number of nitrogens with one attached hydrogen (secondary N) is 1. The minimum absolute atomic E-state index is 0.131. The Kier molecular flexibility index (Phi) is 7.12. The van der Waals surface area contributed by atoms with Gasteiger partial charge in [0, 0.05) is 12.1 Å². The van der Waals surface area contributed by atoms with Gasteiger partial charge in [-0.2, -0.15) is 0 Å². The SMILES string of the molecule is CCCCCCCCC(=O)Nc1ccccc1. The van der Waals surface area contributed by atoms with Crippen LogP contribution in [0.5, 0.6) is 0 Å². The molecule has 1 amide bonds. The Morgan fingerprint density at radius 3 is 2.35 bits per heavy atom. The van der Waals surface area contributed by atoms with Gasteiger partial charge in [0.25, 0.3) is 0 Å². The van der Waals surface area contributed by atoms with E-state index in [2.05, 4.69) is 12.2 Å². The van der Waals surface area contributed by atoms with Crippen molar-refractivity contribution in [3.8, 4) is 0 Å². The first-order valence-electron chi connectivity index (χ1n) is 6.68. The van der Waals surface area contributed by atoms with E-state index >= 15 is 0 Å². The molecule has 94 valence electrons. The van der Waals surface area contributed by atoms with E-state index in [4.69, 9.17) is 0 Å². The average molecular weight is 233 g/mol. The van der Waals surface area contributed by atoms with Crippen molar-refractivity contribution in [3.05, 3.63) is 30.3 Å². The van der Waals surface area contributed by atoms with Gasteiger partial charge in [-0.3, -0.25) is 4.79 Å². The summed E-state index contributed by atoms with van der Waals surface area (Å²) in [6.07, 6.45) is 7.96. The molecule has 0 heterocycles. The van der Waals surface area contributed by atoms with Gasteiger partial charge in [-0.1, -0.05) is 57.2 Å². The van der Waals surface area contributed by atoms with Gasteiger partial charge in [0.05, 0.1) is 0 Å². The maximum absolute atomic E-state index is 11.6. The first-order valence-corrected chi connectivity index (χ1v) is 6.68. The van der Waals surface area contributed by atoms with Crippen molar-refractivity contribution < 1.29 is 4.79 Å². The second kappa shape index (κ2) is 8.80. The number of amides is 1. The van der Waals surface area contributed by atoms with Gasteiger partial charge in [-0.25, -0.2) is 0 Å². The van der Waals surface area contributed by atoms with Gasteiger partial charge in [0.15, 0.2) is 0 Å². The molecule has 1 aromatic carbocycles. The Morgan fingerprint density at radius 1 is 1.00 bits per heavy atom. The van der Waals surface area contributed by atoms with Crippen LogP contribution < -0.4 is 5.32 Å². The van der Waals surface area contributed by atoms with Gasteiger partial charge in [0.1, 0.15) is 0 Å². The Hall–Kier alpha value is -1.31. The summed E-state index contributed by atoms with van der Waals surface area (Å²) in [5.41, 5.74) is 0.892. The maximum Gasteiger partial charge on any atom is 0.224 e. The minimum Gasteiger partial charge on any atom is -0.326 e. The number of benzene rings is 1. The highest BCUT2D eigenvalue weighted by molar-refractivity contribution is 5.90. The van der Waals surface area contributed by atoms with Crippen molar-refractivity contribution in [2.45, 2.75) is 51.9 Å². The summed E-state index contributed by atoms with van der Waals surface area (Å²) >= 11 is 0. The van der Waals surface area contributed by atoms with E-state index in [0.29, 0.717) is 6.42 Å². The molecule has 0 fully saturated rings. The molecule has 0 aliphatic rings. The predicted molar refractivity (Wildman–Crippen MR) is 73.1 cm³/mol. The Morgan fingerprint density at radius 2 is 1.65 bits per heavy atom. The molecule has 17 heavy (non-hydrogen) atoms. The van der Waals surface area contributed by atoms with Gasteiger partial charge >= 0.3 is 0 Å². The highest BCUT2D eigenvalue weighted by Crippen LogP contribution is 2.09. The van der Waals surface area contributed by atoms with E-state index in [-0.39, 0.29) is 5.91 Å². The van der Waals surface area contributed by atoms with Gasteiger partial charge < -0.3 is 5.32 Å². The lowest BCUT2D eigenvalue weighted by Crippen LogP contribution is -2.10. The van der Waals surface area contributed by atoms with E-state index in [1.807, 2.05) is 30.3 Å². The topological polar surface area (TPSA) is 29.1 Å². The molecule has 0 saturated carbocycles. The molecule has 1 aromatic rings. The smallest absolute Gasteiger partial charge is 0.224 e. The highest BCUT2D eigenvalue weighted by atomic mass is 16.1. The van der Waals surface area contributed by atoms with Crippen molar-refractivity contribution >= 4 is 11.6 Å². The van der Waals surface area contributed by atoms with Gasteiger partial charge in [-0.05, 0) is 18.6 Å². The van der Waals surface area contributed by atoms with Crippen molar-refractivity contribution in [1.29, 1.82) is 0 Å². The van der Waals surface area contributed by atoms with Crippen molar-refractivity contribution in [1.82, 2.24) is 0 Å². The molecule has 0 aliphatic carbocycles. The molecule has 0 aromatic heterocycles. The van der Waals surface area contributed by atoms with Crippen LogP contribution in [0.15, 0.2) is 30.3 Å². The third-order valence-corrected chi connectivity index (χ3v) is 2.81. The average Bonchev–Trinajstić information content (AvgIpc) is 2.35. The summed E-state index contributed by atoms with van der Waals surface area (Å²) in [5.74, 6) is 0.131. The van der Waals surface area contributed by atoms with E-state index < -0.39 is 0 Å². The van der Waals surface area contributed by atoms with Crippen LogP contribution >= 0.6 is 0 Å². The Balaban J connectivity index is 2.06. The summed E-state index contributed by atoms with van der Waals surface area (Å²) in [6.45, 7) is 2.22. The number of unbranched alkanes of at least 4 members (excludes halogenated alkanes) is 5. The molecule has 2 heteroatoms. The zero-order valence-corrected chi connectivity index (χ0v) is 10.7. The van der Waals surface area contributed by atoms with Crippen LogP contribution in [0.4, 0.5) is 5.69 Å². The van der Waals surface area contributed by atoms with Crippen LogP contribution in [0.25, 0.3) is 0 Å². The zero-order chi connectivity index (χ0) is 12.3. The Bertz CT molecular complexity index is 308. The van der Waals surface area contributed by atoms with E-state index in [1.165, 1.54) is 32.1 Å². The first kappa shape index (κ1) is 13.8. The maximum atomic E-state index is 11.6. The van der Waals surface area contributed by atoms with Crippen LogP contribution in [-0.2, 0) is 4.79 Å².